The predicted molar refractivity (Wildman–Crippen MR) is 93.7 cm³/mol. The molecule has 3 heterocycles. The van der Waals surface area contributed by atoms with Crippen molar-refractivity contribution in [2.24, 2.45) is 5.92 Å². The molecule has 0 unspecified atom stereocenters. The van der Waals surface area contributed by atoms with Crippen LogP contribution < -0.4 is 0 Å². The highest BCUT2D eigenvalue weighted by Gasteiger charge is 2.24. The van der Waals surface area contributed by atoms with E-state index in [1.807, 2.05) is 47.4 Å². The van der Waals surface area contributed by atoms with Crippen molar-refractivity contribution in [3.05, 3.63) is 54.3 Å². The van der Waals surface area contributed by atoms with Crippen LogP contribution in [0.2, 0.25) is 0 Å². The number of benzene rings is 1. The number of aromatic nitrogens is 1. The van der Waals surface area contributed by atoms with Gasteiger partial charge in [-0.3, -0.25) is 4.79 Å². The zero-order chi connectivity index (χ0) is 16.5. The maximum absolute atomic E-state index is 13.1. The van der Waals surface area contributed by atoms with Gasteiger partial charge in [-0.1, -0.05) is 25.1 Å². The first kappa shape index (κ1) is 14.9. The zero-order valence-corrected chi connectivity index (χ0v) is 13.7. The van der Waals surface area contributed by atoms with E-state index in [9.17, 15) is 4.79 Å². The van der Waals surface area contributed by atoms with Crippen molar-refractivity contribution >= 4 is 16.8 Å². The van der Waals surface area contributed by atoms with E-state index in [0.717, 1.165) is 36.8 Å². The summed E-state index contributed by atoms with van der Waals surface area (Å²) >= 11 is 0. The van der Waals surface area contributed by atoms with Gasteiger partial charge in [0.15, 0.2) is 5.76 Å². The summed E-state index contributed by atoms with van der Waals surface area (Å²) in [5.74, 6) is 1.47. The lowest BCUT2D eigenvalue weighted by molar-refractivity contribution is 0.0699. The quantitative estimate of drug-likeness (QED) is 0.704. The Kier molecular flexibility index (Phi) is 3.81. The Morgan fingerprint density at radius 3 is 2.71 bits per heavy atom. The summed E-state index contributed by atoms with van der Waals surface area (Å²) < 4.78 is 5.48. The van der Waals surface area contributed by atoms with Crippen LogP contribution in [0.5, 0.6) is 0 Å². The number of amides is 1. The van der Waals surface area contributed by atoms with Crippen LogP contribution in [0.1, 0.15) is 30.1 Å². The van der Waals surface area contributed by atoms with E-state index in [2.05, 4.69) is 11.9 Å². The average Bonchev–Trinajstić information content (AvgIpc) is 3.15. The van der Waals surface area contributed by atoms with Gasteiger partial charge in [-0.15, -0.1) is 0 Å². The second-order valence-electron chi connectivity index (χ2n) is 6.52. The van der Waals surface area contributed by atoms with Crippen molar-refractivity contribution in [1.82, 2.24) is 9.88 Å². The maximum atomic E-state index is 13.1. The Balaban J connectivity index is 1.79. The van der Waals surface area contributed by atoms with Crippen molar-refractivity contribution < 1.29 is 9.21 Å². The van der Waals surface area contributed by atoms with E-state index in [1.165, 1.54) is 0 Å². The summed E-state index contributed by atoms with van der Waals surface area (Å²) in [6.07, 6.45) is 3.76. The number of carbonyl (C=O) groups excluding carboxylic acids is 1. The van der Waals surface area contributed by atoms with Crippen LogP contribution in [0.25, 0.3) is 22.4 Å². The number of fused-ring (bicyclic) bond motifs is 1. The number of carbonyl (C=O) groups is 1. The number of likely N-dealkylation sites (tertiary alicyclic amines) is 1. The van der Waals surface area contributed by atoms with E-state index in [4.69, 9.17) is 4.42 Å². The van der Waals surface area contributed by atoms with Crippen molar-refractivity contribution in [3.63, 3.8) is 0 Å². The summed E-state index contributed by atoms with van der Waals surface area (Å²) in [5, 5.41) is 0.899. The van der Waals surface area contributed by atoms with Gasteiger partial charge >= 0.3 is 0 Å². The number of nitrogens with zero attached hydrogens (tertiary/aromatic N) is 2. The minimum Gasteiger partial charge on any atom is -0.463 e. The molecule has 0 atom stereocenters. The van der Waals surface area contributed by atoms with Crippen LogP contribution in [-0.2, 0) is 0 Å². The molecule has 24 heavy (non-hydrogen) atoms. The Bertz CT molecular complexity index is 862. The topological polar surface area (TPSA) is 46.3 Å². The lowest BCUT2D eigenvalue weighted by Gasteiger charge is -2.30. The first-order valence-electron chi connectivity index (χ1n) is 8.45. The van der Waals surface area contributed by atoms with E-state index in [1.54, 1.807) is 6.26 Å². The van der Waals surface area contributed by atoms with Crippen LogP contribution in [0.15, 0.2) is 53.1 Å². The third-order valence-electron chi connectivity index (χ3n) is 4.79. The van der Waals surface area contributed by atoms with Crippen molar-refractivity contribution in [2.75, 3.05) is 13.1 Å². The van der Waals surface area contributed by atoms with Gasteiger partial charge in [0.1, 0.15) is 5.69 Å². The fourth-order valence-electron chi connectivity index (χ4n) is 3.28. The molecule has 0 radical (unpaired) electrons. The SMILES string of the molecule is CC1CCN(C(=O)c2cc(-c3ccco3)nc3ccccc23)CC1. The summed E-state index contributed by atoms with van der Waals surface area (Å²) in [4.78, 5) is 19.7. The monoisotopic (exact) mass is 320 g/mol. The third kappa shape index (κ3) is 2.68. The summed E-state index contributed by atoms with van der Waals surface area (Å²) in [6, 6.07) is 13.4. The Morgan fingerprint density at radius 1 is 1.17 bits per heavy atom. The van der Waals surface area contributed by atoms with Crippen molar-refractivity contribution in [3.8, 4) is 11.5 Å². The van der Waals surface area contributed by atoms with Crippen molar-refractivity contribution in [1.29, 1.82) is 0 Å². The molecule has 1 saturated heterocycles. The van der Waals surface area contributed by atoms with Gasteiger partial charge in [-0.2, -0.15) is 0 Å². The van der Waals surface area contributed by atoms with Gasteiger partial charge in [0, 0.05) is 18.5 Å². The fraction of sp³-hybridized carbons (Fsp3) is 0.300. The maximum Gasteiger partial charge on any atom is 0.254 e. The van der Waals surface area contributed by atoms with Crippen LogP contribution >= 0.6 is 0 Å². The van der Waals surface area contributed by atoms with E-state index in [-0.39, 0.29) is 5.91 Å². The third-order valence-corrected chi connectivity index (χ3v) is 4.79. The molecule has 1 aliphatic heterocycles. The molecule has 0 spiro atoms. The molecule has 1 fully saturated rings. The van der Waals surface area contributed by atoms with Gasteiger partial charge in [0.25, 0.3) is 5.91 Å². The van der Waals surface area contributed by atoms with Crippen LogP contribution in [0, 0.1) is 5.92 Å². The first-order chi connectivity index (χ1) is 11.7. The molecule has 0 aliphatic carbocycles. The largest absolute Gasteiger partial charge is 0.463 e. The van der Waals surface area contributed by atoms with E-state index < -0.39 is 0 Å². The number of hydrogen-bond donors (Lipinski definition) is 0. The molecule has 1 aliphatic rings. The second kappa shape index (κ2) is 6.11. The molecule has 2 aromatic heterocycles. The van der Waals surface area contributed by atoms with E-state index >= 15 is 0 Å². The molecule has 4 heteroatoms. The first-order valence-corrected chi connectivity index (χ1v) is 8.45. The highest BCUT2D eigenvalue weighted by atomic mass is 16.3. The Morgan fingerprint density at radius 2 is 1.96 bits per heavy atom. The van der Waals surface area contributed by atoms with E-state index in [0.29, 0.717) is 22.9 Å². The average molecular weight is 320 g/mol. The number of pyridine rings is 1. The lowest BCUT2D eigenvalue weighted by atomic mass is 9.98. The Hall–Kier alpha value is -2.62. The Labute approximate surface area is 141 Å². The van der Waals surface area contributed by atoms with Gasteiger partial charge in [-0.25, -0.2) is 4.98 Å². The van der Waals surface area contributed by atoms with Crippen molar-refractivity contribution in [2.45, 2.75) is 19.8 Å². The number of piperidine rings is 1. The standard InChI is InChI=1S/C20H20N2O2/c1-14-8-10-22(11-9-14)20(23)16-13-18(19-7-4-12-24-19)21-17-6-3-2-5-15(16)17/h2-7,12-14H,8-11H2,1H3. The van der Waals surface area contributed by atoms with Gasteiger partial charge in [-0.05, 0) is 43.0 Å². The van der Waals surface area contributed by atoms with Gasteiger partial charge < -0.3 is 9.32 Å². The highest BCUT2D eigenvalue weighted by molar-refractivity contribution is 6.07. The lowest BCUT2D eigenvalue weighted by Crippen LogP contribution is -2.38. The number of para-hydroxylation sites is 1. The molecule has 4 rings (SSSR count). The molecule has 0 saturated carbocycles. The van der Waals surface area contributed by atoms with Crippen LogP contribution in [-0.4, -0.2) is 28.9 Å². The summed E-state index contributed by atoms with van der Waals surface area (Å²) in [7, 11) is 0. The molecule has 0 bridgehead atoms. The molecule has 4 nitrogen and oxygen atoms in total. The summed E-state index contributed by atoms with van der Waals surface area (Å²) in [6.45, 7) is 3.90. The second-order valence-corrected chi connectivity index (χ2v) is 6.52. The zero-order valence-electron chi connectivity index (χ0n) is 13.7. The minimum absolute atomic E-state index is 0.0910. The number of hydrogen-bond acceptors (Lipinski definition) is 3. The molecular weight excluding hydrogens is 300 g/mol. The fourth-order valence-corrected chi connectivity index (χ4v) is 3.28. The van der Waals surface area contributed by atoms with Crippen LogP contribution in [0.3, 0.4) is 0 Å². The van der Waals surface area contributed by atoms with Gasteiger partial charge in [0.05, 0.1) is 17.3 Å². The molecule has 3 aromatic rings. The summed E-state index contributed by atoms with van der Waals surface area (Å²) in [5.41, 5.74) is 2.23. The smallest absolute Gasteiger partial charge is 0.254 e. The molecule has 0 N–H and O–H groups in total. The highest BCUT2D eigenvalue weighted by Crippen LogP contribution is 2.27. The van der Waals surface area contributed by atoms with Gasteiger partial charge in [0.2, 0.25) is 0 Å². The normalized spacial score (nSPS) is 15.8. The molecule has 122 valence electrons. The number of rotatable bonds is 2. The predicted octanol–water partition coefficient (Wildman–Crippen LogP) is 4.37. The molecule has 1 amide bonds. The minimum atomic E-state index is 0.0910. The van der Waals surface area contributed by atoms with Crippen LogP contribution in [0.4, 0.5) is 0 Å². The molecular formula is C20H20N2O2. The number of furan rings is 1. The molecule has 1 aromatic carbocycles.